The van der Waals surface area contributed by atoms with Crippen molar-refractivity contribution in [3.05, 3.63) is 24.3 Å². The van der Waals surface area contributed by atoms with Gasteiger partial charge in [0.25, 0.3) is 0 Å². The predicted molar refractivity (Wildman–Crippen MR) is 71.9 cm³/mol. The number of benzene rings is 1. The van der Waals surface area contributed by atoms with Gasteiger partial charge in [-0.25, -0.2) is 0 Å². The van der Waals surface area contributed by atoms with Gasteiger partial charge in [-0.1, -0.05) is 19.9 Å². The van der Waals surface area contributed by atoms with Crippen LogP contribution < -0.4 is 10.6 Å². The van der Waals surface area contributed by atoms with Crippen molar-refractivity contribution in [2.45, 2.75) is 13.8 Å². The van der Waals surface area contributed by atoms with Crippen LogP contribution in [0.2, 0.25) is 0 Å². The minimum atomic E-state index is 0.826. The van der Waals surface area contributed by atoms with Crippen LogP contribution in [-0.2, 0) is 0 Å². The number of likely N-dealkylation sites (N-methyl/N-ethyl adjacent to an activating group) is 2. The second-order valence-electron chi connectivity index (χ2n) is 4.04. The Morgan fingerprint density at radius 3 is 2.38 bits per heavy atom. The minimum absolute atomic E-state index is 0.826. The van der Waals surface area contributed by atoms with Gasteiger partial charge in [-0.15, -0.1) is 0 Å². The molecule has 0 fully saturated rings. The van der Waals surface area contributed by atoms with Crippen molar-refractivity contribution in [2.75, 3.05) is 43.9 Å². The molecule has 0 amide bonds. The molecule has 3 nitrogen and oxygen atoms in total. The summed E-state index contributed by atoms with van der Waals surface area (Å²) < 4.78 is 0. The number of anilines is 2. The van der Waals surface area contributed by atoms with E-state index in [1.54, 1.807) is 0 Å². The summed E-state index contributed by atoms with van der Waals surface area (Å²) in [5.41, 5.74) is 7.78. The van der Waals surface area contributed by atoms with Crippen molar-refractivity contribution in [3.8, 4) is 0 Å². The molecule has 0 spiro atoms. The fraction of sp³-hybridized carbons (Fsp3) is 0.538. The molecule has 0 bridgehead atoms. The first kappa shape index (κ1) is 12.8. The van der Waals surface area contributed by atoms with Gasteiger partial charge in [-0.05, 0) is 31.3 Å². The van der Waals surface area contributed by atoms with Gasteiger partial charge < -0.3 is 15.5 Å². The van der Waals surface area contributed by atoms with Gasteiger partial charge in [0.2, 0.25) is 0 Å². The maximum Gasteiger partial charge on any atom is 0.0384 e. The van der Waals surface area contributed by atoms with Crippen LogP contribution in [-0.4, -0.2) is 38.1 Å². The Hall–Kier alpha value is -1.22. The summed E-state index contributed by atoms with van der Waals surface area (Å²) >= 11 is 0. The molecule has 3 heteroatoms. The van der Waals surface area contributed by atoms with Crippen LogP contribution in [0.25, 0.3) is 0 Å². The minimum Gasteiger partial charge on any atom is -0.399 e. The highest BCUT2D eigenvalue weighted by atomic mass is 15.2. The van der Waals surface area contributed by atoms with Crippen LogP contribution >= 0.6 is 0 Å². The lowest BCUT2D eigenvalue weighted by atomic mass is 10.2. The number of nitrogen functional groups attached to an aromatic ring is 1. The molecule has 90 valence electrons. The first-order chi connectivity index (χ1) is 7.67. The second kappa shape index (κ2) is 6.38. The van der Waals surface area contributed by atoms with E-state index in [1.165, 1.54) is 5.69 Å². The van der Waals surface area contributed by atoms with Crippen LogP contribution in [0.1, 0.15) is 13.8 Å². The van der Waals surface area contributed by atoms with Crippen molar-refractivity contribution in [2.24, 2.45) is 0 Å². The molecule has 1 aromatic carbocycles. The molecule has 16 heavy (non-hydrogen) atoms. The molecule has 1 aromatic rings. The standard InChI is InChI=1S/C13H23N3/c1-4-16(5-2)10-9-15(3)13-8-6-7-12(14)11-13/h6-8,11H,4-5,9-10,14H2,1-3H3. The van der Waals surface area contributed by atoms with E-state index in [0.717, 1.165) is 31.9 Å². The summed E-state index contributed by atoms with van der Waals surface area (Å²) in [6.45, 7) is 8.75. The smallest absolute Gasteiger partial charge is 0.0384 e. The van der Waals surface area contributed by atoms with Gasteiger partial charge in [0, 0.05) is 31.5 Å². The van der Waals surface area contributed by atoms with Crippen molar-refractivity contribution < 1.29 is 0 Å². The molecule has 2 N–H and O–H groups in total. The van der Waals surface area contributed by atoms with E-state index >= 15 is 0 Å². The molecule has 0 heterocycles. The largest absolute Gasteiger partial charge is 0.399 e. The molecule has 1 rings (SSSR count). The molecule has 0 saturated carbocycles. The van der Waals surface area contributed by atoms with Crippen LogP contribution in [0, 0.1) is 0 Å². The average Bonchev–Trinajstić information content (AvgIpc) is 2.30. The molecule has 0 saturated heterocycles. The second-order valence-corrected chi connectivity index (χ2v) is 4.04. The first-order valence-corrected chi connectivity index (χ1v) is 5.96. The Balaban J connectivity index is 2.49. The third-order valence-corrected chi connectivity index (χ3v) is 2.96. The summed E-state index contributed by atoms with van der Waals surface area (Å²) in [5.74, 6) is 0. The van der Waals surface area contributed by atoms with Gasteiger partial charge >= 0.3 is 0 Å². The highest BCUT2D eigenvalue weighted by molar-refractivity contribution is 5.55. The number of nitrogens with zero attached hydrogens (tertiary/aromatic N) is 2. The van der Waals surface area contributed by atoms with E-state index in [-0.39, 0.29) is 0 Å². The molecule has 0 aliphatic rings. The Morgan fingerprint density at radius 1 is 1.12 bits per heavy atom. The molecular formula is C13H23N3. The number of rotatable bonds is 6. The molecule has 0 radical (unpaired) electrons. The molecule has 0 unspecified atom stereocenters. The fourth-order valence-electron chi connectivity index (χ4n) is 1.72. The van der Waals surface area contributed by atoms with Crippen LogP contribution in [0.3, 0.4) is 0 Å². The van der Waals surface area contributed by atoms with E-state index in [1.807, 2.05) is 18.2 Å². The Labute approximate surface area is 98.8 Å². The molecule has 0 aliphatic heterocycles. The quantitative estimate of drug-likeness (QED) is 0.746. The first-order valence-electron chi connectivity index (χ1n) is 5.96. The highest BCUT2D eigenvalue weighted by Gasteiger charge is 2.03. The number of hydrogen-bond acceptors (Lipinski definition) is 3. The van der Waals surface area contributed by atoms with Gasteiger partial charge in [-0.2, -0.15) is 0 Å². The summed E-state index contributed by atoms with van der Waals surface area (Å²) in [6, 6.07) is 8.03. The zero-order chi connectivity index (χ0) is 12.0. The van der Waals surface area contributed by atoms with Crippen molar-refractivity contribution >= 4 is 11.4 Å². The van der Waals surface area contributed by atoms with Crippen LogP contribution in [0.5, 0.6) is 0 Å². The molecule has 0 atom stereocenters. The zero-order valence-corrected chi connectivity index (χ0v) is 10.6. The third-order valence-electron chi connectivity index (χ3n) is 2.96. The van der Waals surface area contributed by atoms with Gasteiger partial charge in [0.1, 0.15) is 0 Å². The summed E-state index contributed by atoms with van der Waals surface area (Å²) in [6.07, 6.45) is 0. The number of hydrogen-bond donors (Lipinski definition) is 1. The van der Waals surface area contributed by atoms with E-state index in [4.69, 9.17) is 5.73 Å². The number of nitrogens with two attached hydrogens (primary N) is 1. The van der Waals surface area contributed by atoms with Crippen molar-refractivity contribution in [1.29, 1.82) is 0 Å². The molecule has 0 aromatic heterocycles. The van der Waals surface area contributed by atoms with Gasteiger partial charge in [-0.3, -0.25) is 0 Å². The van der Waals surface area contributed by atoms with Crippen molar-refractivity contribution in [1.82, 2.24) is 4.90 Å². The topological polar surface area (TPSA) is 32.5 Å². The Bertz CT molecular complexity index is 308. The normalized spacial score (nSPS) is 10.8. The van der Waals surface area contributed by atoms with Crippen molar-refractivity contribution in [3.63, 3.8) is 0 Å². The highest BCUT2D eigenvalue weighted by Crippen LogP contribution is 2.15. The fourth-order valence-corrected chi connectivity index (χ4v) is 1.72. The van der Waals surface area contributed by atoms with E-state index in [0.29, 0.717) is 0 Å². The van der Waals surface area contributed by atoms with Crippen LogP contribution in [0.4, 0.5) is 11.4 Å². The van der Waals surface area contributed by atoms with E-state index in [9.17, 15) is 0 Å². The third kappa shape index (κ3) is 3.74. The lowest BCUT2D eigenvalue weighted by Gasteiger charge is -2.24. The monoisotopic (exact) mass is 221 g/mol. The summed E-state index contributed by atoms with van der Waals surface area (Å²) in [7, 11) is 2.11. The summed E-state index contributed by atoms with van der Waals surface area (Å²) in [4.78, 5) is 4.66. The Kier molecular flexibility index (Phi) is 5.12. The van der Waals surface area contributed by atoms with E-state index < -0.39 is 0 Å². The van der Waals surface area contributed by atoms with E-state index in [2.05, 4.69) is 36.8 Å². The average molecular weight is 221 g/mol. The maximum atomic E-state index is 5.77. The van der Waals surface area contributed by atoms with Crippen LogP contribution in [0.15, 0.2) is 24.3 Å². The lowest BCUT2D eigenvalue weighted by molar-refractivity contribution is 0.311. The zero-order valence-electron chi connectivity index (χ0n) is 10.6. The SMILES string of the molecule is CCN(CC)CCN(C)c1cccc(N)c1. The lowest BCUT2D eigenvalue weighted by Crippen LogP contribution is -2.33. The predicted octanol–water partition coefficient (Wildman–Crippen LogP) is 2.05. The molecule has 0 aliphatic carbocycles. The molecular weight excluding hydrogens is 198 g/mol. The van der Waals surface area contributed by atoms with Gasteiger partial charge in [0.15, 0.2) is 0 Å². The maximum absolute atomic E-state index is 5.77. The Morgan fingerprint density at radius 2 is 1.81 bits per heavy atom. The summed E-state index contributed by atoms with van der Waals surface area (Å²) in [5, 5.41) is 0. The van der Waals surface area contributed by atoms with Gasteiger partial charge in [0.05, 0.1) is 0 Å².